The number of hydrogen-bond donors (Lipinski definition) is 1. The molecule has 0 radical (unpaired) electrons. The Morgan fingerprint density at radius 1 is 1.29 bits per heavy atom. The predicted octanol–water partition coefficient (Wildman–Crippen LogP) is 1.48. The molecule has 21 heavy (non-hydrogen) atoms. The maximum Gasteiger partial charge on any atom is 0.323 e. The van der Waals surface area contributed by atoms with E-state index < -0.39 is 5.97 Å². The highest BCUT2D eigenvalue weighted by Gasteiger charge is 2.19. The number of carbonyl (C=O) groups excluding carboxylic acids is 1. The summed E-state index contributed by atoms with van der Waals surface area (Å²) in [6.07, 6.45) is 3.49. The average molecular weight is 287 g/mol. The van der Waals surface area contributed by atoms with E-state index in [0.717, 1.165) is 5.56 Å². The number of carboxylic acids is 1. The molecule has 6 nitrogen and oxygen atoms in total. The summed E-state index contributed by atoms with van der Waals surface area (Å²) in [5.41, 5.74) is 1.33. The number of aromatic nitrogens is 2. The van der Waals surface area contributed by atoms with Gasteiger partial charge in [0.25, 0.3) is 5.91 Å². The van der Waals surface area contributed by atoms with Crippen LogP contribution in [-0.2, 0) is 11.3 Å². The van der Waals surface area contributed by atoms with Gasteiger partial charge in [-0.1, -0.05) is 18.2 Å². The molecule has 0 spiro atoms. The minimum atomic E-state index is -1.02. The maximum absolute atomic E-state index is 12.5. The lowest BCUT2D eigenvalue weighted by Crippen LogP contribution is -2.36. The van der Waals surface area contributed by atoms with E-state index in [0.29, 0.717) is 18.7 Å². The molecule has 0 aliphatic carbocycles. The molecule has 0 saturated carbocycles. The van der Waals surface area contributed by atoms with Crippen molar-refractivity contribution >= 4 is 11.9 Å². The zero-order valence-corrected chi connectivity index (χ0v) is 11.8. The molecule has 0 aliphatic rings. The Kier molecular flexibility index (Phi) is 4.71. The summed E-state index contributed by atoms with van der Waals surface area (Å²) in [7, 11) is 0. The third-order valence-corrected chi connectivity index (χ3v) is 3.13. The van der Waals surface area contributed by atoms with Gasteiger partial charge in [0.2, 0.25) is 0 Å². The fraction of sp³-hybridized carbons (Fsp3) is 0.267. The van der Waals surface area contributed by atoms with Crippen molar-refractivity contribution in [3.05, 3.63) is 53.9 Å². The van der Waals surface area contributed by atoms with Crippen LogP contribution < -0.4 is 0 Å². The van der Waals surface area contributed by atoms with Gasteiger partial charge in [-0.05, 0) is 24.6 Å². The first-order valence-corrected chi connectivity index (χ1v) is 6.68. The molecule has 1 N–H and O–H groups in total. The topological polar surface area (TPSA) is 75.4 Å². The zero-order valence-electron chi connectivity index (χ0n) is 11.8. The van der Waals surface area contributed by atoms with Crippen molar-refractivity contribution in [3.8, 4) is 0 Å². The molecule has 0 bridgehead atoms. The number of benzene rings is 1. The van der Waals surface area contributed by atoms with Crippen molar-refractivity contribution in [2.24, 2.45) is 0 Å². The van der Waals surface area contributed by atoms with Crippen molar-refractivity contribution < 1.29 is 14.7 Å². The van der Waals surface area contributed by atoms with E-state index in [1.165, 1.54) is 4.90 Å². The van der Waals surface area contributed by atoms with E-state index in [1.54, 1.807) is 29.9 Å². The number of rotatable bonds is 6. The van der Waals surface area contributed by atoms with Gasteiger partial charge in [0.15, 0.2) is 0 Å². The number of carboxylic acid groups (broad SMARTS) is 1. The van der Waals surface area contributed by atoms with Crippen LogP contribution in [0.2, 0.25) is 0 Å². The molecular weight excluding hydrogens is 270 g/mol. The van der Waals surface area contributed by atoms with E-state index in [2.05, 4.69) is 5.10 Å². The van der Waals surface area contributed by atoms with E-state index in [-0.39, 0.29) is 12.5 Å². The lowest BCUT2D eigenvalue weighted by Gasteiger charge is -2.20. The van der Waals surface area contributed by atoms with Crippen molar-refractivity contribution in [1.29, 1.82) is 0 Å². The van der Waals surface area contributed by atoms with Gasteiger partial charge in [-0.2, -0.15) is 5.10 Å². The first-order valence-electron chi connectivity index (χ1n) is 6.68. The molecule has 0 unspecified atom stereocenters. The number of likely N-dealkylation sites (N-methyl/N-ethyl adjacent to an activating group) is 1. The molecule has 110 valence electrons. The van der Waals surface area contributed by atoms with Crippen LogP contribution in [-0.4, -0.2) is 44.8 Å². The highest BCUT2D eigenvalue weighted by atomic mass is 16.4. The second-order valence-electron chi connectivity index (χ2n) is 4.57. The smallest absolute Gasteiger partial charge is 0.323 e. The highest BCUT2D eigenvalue weighted by Crippen LogP contribution is 2.13. The van der Waals surface area contributed by atoms with Crippen LogP contribution in [0.4, 0.5) is 0 Å². The van der Waals surface area contributed by atoms with Crippen LogP contribution in [0.1, 0.15) is 22.8 Å². The van der Waals surface area contributed by atoms with E-state index in [9.17, 15) is 9.59 Å². The Bertz CT molecular complexity index is 623. The number of nitrogens with zero attached hydrogens (tertiary/aromatic N) is 3. The fourth-order valence-electron chi connectivity index (χ4n) is 2.10. The average Bonchev–Trinajstić information content (AvgIpc) is 2.97. The molecule has 1 heterocycles. The van der Waals surface area contributed by atoms with E-state index >= 15 is 0 Å². The van der Waals surface area contributed by atoms with Crippen molar-refractivity contribution in [1.82, 2.24) is 14.7 Å². The molecule has 2 aromatic rings. The van der Waals surface area contributed by atoms with Crippen LogP contribution in [0.5, 0.6) is 0 Å². The molecule has 0 saturated heterocycles. The number of aliphatic carboxylic acids is 1. The summed E-state index contributed by atoms with van der Waals surface area (Å²) < 4.78 is 1.72. The van der Waals surface area contributed by atoms with Crippen LogP contribution in [0.15, 0.2) is 42.7 Å². The third-order valence-electron chi connectivity index (χ3n) is 3.13. The minimum absolute atomic E-state index is 0.275. The summed E-state index contributed by atoms with van der Waals surface area (Å²) in [5, 5.41) is 13.0. The molecular formula is C15H17N3O3. The lowest BCUT2D eigenvalue weighted by atomic mass is 10.1. The standard InChI is InChI=1S/C15H17N3O3/c1-2-17(11-14(19)20)15(21)13-7-4-3-6-12(13)10-18-9-5-8-16-18/h3-9H,2,10-11H2,1H3,(H,19,20). The monoisotopic (exact) mass is 287 g/mol. The van der Waals surface area contributed by atoms with E-state index in [1.807, 2.05) is 24.4 Å². The number of amides is 1. The van der Waals surface area contributed by atoms with E-state index in [4.69, 9.17) is 5.11 Å². The lowest BCUT2D eigenvalue weighted by molar-refractivity contribution is -0.137. The Labute approximate surface area is 122 Å². The molecule has 1 aromatic heterocycles. The van der Waals surface area contributed by atoms with Gasteiger partial charge < -0.3 is 10.0 Å². The number of carbonyl (C=O) groups is 2. The van der Waals surface area contributed by atoms with Gasteiger partial charge in [-0.3, -0.25) is 14.3 Å². The third kappa shape index (κ3) is 3.68. The summed E-state index contributed by atoms with van der Waals surface area (Å²) in [6, 6.07) is 9.00. The zero-order chi connectivity index (χ0) is 15.2. The van der Waals surface area contributed by atoms with Crippen molar-refractivity contribution in [2.75, 3.05) is 13.1 Å². The second kappa shape index (κ2) is 6.69. The second-order valence-corrected chi connectivity index (χ2v) is 4.57. The van der Waals surface area contributed by atoms with Crippen LogP contribution in [0.25, 0.3) is 0 Å². The summed E-state index contributed by atoms with van der Waals surface area (Å²) in [4.78, 5) is 24.6. The first kappa shape index (κ1) is 14.8. The van der Waals surface area contributed by atoms with Crippen LogP contribution in [0, 0.1) is 0 Å². The van der Waals surface area contributed by atoms with Crippen molar-refractivity contribution in [2.45, 2.75) is 13.5 Å². The van der Waals surface area contributed by atoms with Gasteiger partial charge in [-0.25, -0.2) is 0 Å². The Morgan fingerprint density at radius 3 is 2.67 bits per heavy atom. The molecule has 0 atom stereocenters. The Hall–Kier alpha value is -2.63. The SMILES string of the molecule is CCN(CC(=O)O)C(=O)c1ccccc1Cn1cccn1. The van der Waals surface area contributed by atoms with Gasteiger partial charge in [0, 0.05) is 24.5 Å². The molecule has 6 heteroatoms. The van der Waals surface area contributed by atoms with Crippen molar-refractivity contribution in [3.63, 3.8) is 0 Å². The molecule has 1 aromatic carbocycles. The maximum atomic E-state index is 12.5. The molecule has 2 rings (SSSR count). The van der Waals surface area contributed by atoms with Gasteiger partial charge in [0.1, 0.15) is 6.54 Å². The summed E-state index contributed by atoms with van der Waals surface area (Å²) in [5.74, 6) is -1.29. The summed E-state index contributed by atoms with van der Waals surface area (Å²) >= 11 is 0. The predicted molar refractivity (Wildman–Crippen MR) is 77.0 cm³/mol. The molecule has 0 fully saturated rings. The van der Waals surface area contributed by atoms with Gasteiger partial charge in [-0.15, -0.1) is 0 Å². The largest absolute Gasteiger partial charge is 0.480 e. The molecule has 0 aliphatic heterocycles. The minimum Gasteiger partial charge on any atom is -0.480 e. The fourth-order valence-corrected chi connectivity index (χ4v) is 2.10. The highest BCUT2D eigenvalue weighted by molar-refractivity contribution is 5.97. The number of hydrogen-bond acceptors (Lipinski definition) is 3. The Balaban J connectivity index is 2.26. The summed E-state index contributed by atoms with van der Waals surface area (Å²) in [6.45, 7) is 2.28. The van der Waals surface area contributed by atoms with Gasteiger partial charge >= 0.3 is 5.97 Å². The van der Waals surface area contributed by atoms with Crippen LogP contribution in [0.3, 0.4) is 0 Å². The normalized spacial score (nSPS) is 10.3. The quantitative estimate of drug-likeness (QED) is 0.873. The first-order chi connectivity index (χ1) is 10.1. The van der Waals surface area contributed by atoms with Crippen LogP contribution >= 0.6 is 0 Å². The Morgan fingerprint density at radius 2 is 2.05 bits per heavy atom. The molecule has 1 amide bonds. The van der Waals surface area contributed by atoms with Gasteiger partial charge in [0.05, 0.1) is 6.54 Å².